The van der Waals surface area contributed by atoms with Gasteiger partial charge in [-0.25, -0.2) is 9.97 Å². The normalized spacial score (nSPS) is 13.8. The van der Waals surface area contributed by atoms with E-state index < -0.39 is 5.91 Å². The number of primary amides is 1. The summed E-state index contributed by atoms with van der Waals surface area (Å²) in [5.74, 6) is 0.561. The molecule has 0 saturated heterocycles. The van der Waals surface area contributed by atoms with Crippen LogP contribution in [0.25, 0.3) is 28.1 Å². The summed E-state index contributed by atoms with van der Waals surface area (Å²) in [6, 6.07) is 13.0. The van der Waals surface area contributed by atoms with Crippen LogP contribution < -0.4 is 5.73 Å². The van der Waals surface area contributed by atoms with Gasteiger partial charge in [0.15, 0.2) is 0 Å². The fraction of sp³-hybridized carbons (Fsp3) is 0.143. The molecule has 0 aliphatic heterocycles. The number of fused-ring (bicyclic) bond motifs is 1. The zero-order valence-electron chi connectivity index (χ0n) is 14.8. The molecule has 0 spiro atoms. The van der Waals surface area contributed by atoms with E-state index in [9.17, 15) is 4.79 Å². The quantitative estimate of drug-likeness (QED) is 0.569. The lowest BCUT2D eigenvalue weighted by Gasteiger charge is -2.13. The third kappa shape index (κ3) is 2.82. The second kappa shape index (κ2) is 6.42. The van der Waals surface area contributed by atoms with E-state index in [0.717, 1.165) is 46.6 Å². The van der Waals surface area contributed by atoms with Gasteiger partial charge in [0.1, 0.15) is 11.5 Å². The Morgan fingerprint density at radius 1 is 1.07 bits per heavy atom. The van der Waals surface area contributed by atoms with E-state index in [1.54, 1.807) is 18.5 Å². The topological polar surface area (TPSA) is 86.7 Å². The van der Waals surface area contributed by atoms with E-state index in [4.69, 9.17) is 22.3 Å². The first-order valence-electron chi connectivity index (χ1n) is 9.01. The van der Waals surface area contributed by atoms with Crippen molar-refractivity contribution in [3.63, 3.8) is 0 Å². The summed E-state index contributed by atoms with van der Waals surface area (Å²) in [6.45, 7) is 0. The molecule has 1 aliphatic rings. The lowest BCUT2D eigenvalue weighted by Crippen LogP contribution is -2.14. The van der Waals surface area contributed by atoms with E-state index in [0.29, 0.717) is 10.9 Å². The van der Waals surface area contributed by atoms with Crippen molar-refractivity contribution in [2.24, 2.45) is 5.73 Å². The Kier molecular flexibility index (Phi) is 3.87. The van der Waals surface area contributed by atoms with Gasteiger partial charge in [-0.2, -0.15) is 0 Å². The maximum absolute atomic E-state index is 11.6. The van der Waals surface area contributed by atoms with E-state index >= 15 is 0 Å². The fourth-order valence-corrected chi connectivity index (χ4v) is 3.55. The molecular weight excluding hydrogens is 374 g/mol. The maximum atomic E-state index is 11.6. The standard InChI is InChI=1S/C21H16ClN5O/c22-13-3-5-14(6-4-13)27-18-11-24-10-9-16(18)26-21(27)15-7-8-17(20(23)28)25-19(15)12-1-2-12/h3-12H,1-2H2,(H2,23,28). The Morgan fingerprint density at radius 3 is 2.57 bits per heavy atom. The number of imidazole rings is 1. The molecule has 4 aromatic rings. The van der Waals surface area contributed by atoms with Crippen molar-refractivity contribution in [1.82, 2.24) is 19.5 Å². The number of hydrogen-bond donors (Lipinski definition) is 1. The molecule has 28 heavy (non-hydrogen) atoms. The molecule has 1 aromatic carbocycles. The molecule has 1 saturated carbocycles. The predicted octanol–water partition coefficient (Wildman–Crippen LogP) is 4.11. The molecule has 7 heteroatoms. The van der Waals surface area contributed by atoms with Crippen LogP contribution in [-0.4, -0.2) is 25.4 Å². The third-order valence-corrected chi connectivity index (χ3v) is 5.18. The molecule has 1 fully saturated rings. The number of carbonyl (C=O) groups excluding carboxylic acids is 1. The lowest BCUT2D eigenvalue weighted by atomic mass is 10.1. The number of nitrogens with zero attached hydrogens (tertiary/aromatic N) is 4. The zero-order chi connectivity index (χ0) is 19.3. The summed E-state index contributed by atoms with van der Waals surface area (Å²) >= 11 is 6.08. The highest BCUT2D eigenvalue weighted by Gasteiger charge is 2.30. The van der Waals surface area contributed by atoms with E-state index in [-0.39, 0.29) is 5.69 Å². The predicted molar refractivity (Wildman–Crippen MR) is 108 cm³/mol. The first-order valence-corrected chi connectivity index (χ1v) is 9.39. The molecule has 3 aromatic heterocycles. The Labute approximate surface area is 166 Å². The van der Waals surface area contributed by atoms with Gasteiger partial charge in [0.2, 0.25) is 0 Å². The van der Waals surface area contributed by atoms with Gasteiger partial charge in [-0.1, -0.05) is 11.6 Å². The summed E-state index contributed by atoms with van der Waals surface area (Å²) in [5.41, 5.74) is 10.1. The van der Waals surface area contributed by atoms with Crippen LogP contribution in [0.15, 0.2) is 54.9 Å². The molecular formula is C21H16ClN5O. The van der Waals surface area contributed by atoms with Crippen molar-refractivity contribution in [3.8, 4) is 17.1 Å². The van der Waals surface area contributed by atoms with Crippen molar-refractivity contribution < 1.29 is 4.79 Å². The largest absolute Gasteiger partial charge is 0.364 e. The fourth-order valence-electron chi connectivity index (χ4n) is 3.43. The van der Waals surface area contributed by atoms with E-state index in [1.807, 2.05) is 41.0 Å². The highest BCUT2D eigenvalue weighted by atomic mass is 35.5. The summed E-state index contributed by atoms with van der Waals surface area (Å²) < 4.78 is 2.05. The Bertz CT molecular complexity index is 1210. The molecule has 0 unspecified atom stereocenters. The van der Waals surface area contributed by atoms with Gasteiger partial charge in [-0.05, 0) is 55.3 Å². The second-order valence-corrected chi connectivity index (χ2v) is 7.32. The molecule has 6 nitrogen and oxygen atoms in total. The van der Waals surface area contributed by atoms with Crippen LogP contribution in [0.3, 0.4) is 0 Å². The van der Waals surface area contributed by atoms with Gasteiger partial charge in [-0.3, -0.25) is 14.3 Å². The molecule has 1 amide bonds. The van der Waals surface area contributed by atoms with Gasteiger partial charge >= 0.3 is 0 Å². The SMILES string of the molecule is NC(=O)c1ccc(-c2nc3ccncc3n2-c2ccc(Cl)cc2)c(C2CC2)n1. The summed E-state index contributed by atoms with van der Waals surface area (Å²) in [6.07, 6.45) is 5.61. The molecule has 0 bridgehead atoms. The number of aromatic nitrogens is 4. The highest BCUT2D eigenvalue weighted by molar-refractivity contribution is 6.30. The number of benzene rings is 1. The number of carbonyl (C=O) groups is 1. The van der Waals surface area contributed by atoms with Crippen LogP contribution in [0.5, 0.6) is 0 Å². The number of pyridine rings is 2. The summed E-state index contributed by atoms with van der Waals surface area (Å²) in [4.78, 5) is 25.3. The van der Waals surface area contributed by atoms with Crippen LogP contribution in [-0.2, 0) is 0 Å². The van der Waals surface area contributed by atoms with Crippen molar-refractivity contribution in [1.29, 1.82) is 0 Å². The van der Waals surface area contributed by atoms with E-state index in [2.05, 4.69) is 9.97 Å². The average Bonchev–Trinajstić information content (AvgIpc) is 3.48. The van der Waals surface area contributed by atoms with Crippen molar-refractivity contribution in [2.75, 3.05) is 0 Å². The zero-order valence-corrected chi connectivity index (χ0v) is 15.6. The molecule has 0 atom stereocenters. The molecule has 2 N–H and O–H groups in total. The molecule has 5 rings (SSSR count). The minimum atomic E-state index is -0.524. The van der Waals surface area contributed by atoms with Crippen LogP contribution in [0.4, 0.5) is 0 Å². The number of halogens is 1. The number of rotatable bonds is 4. The highest BCUT2D eigenvalue weighted by Crippen LogP contribution is 2.44. The molecule has 138 valence electrons. The summed E-state index contributed by atoms with van der Waals surface area (Å²) in [5, 5.41) is 0.666. The Morgan fingerprint density at radius 2 is 1.86 bits per heavy atom. The van der Waals surface area contributed by atoms with Crippen LogP contribution in [0.2, 0.25) is 5.02 Å². The minimum absolute atomic E-state index is 0.279. The van der Waals surface area contributed by atoms with Gasteiger partial charge in [0.25, 0.3) is 5.91 Å². The van der Waals surface area contributed by atoms with Gasteiger partial charge in [0, 0.05) is 28.4 Å². The first kappa shape index (κ1) is 16.9. The van der Waals surface area contributed by atoms with Crippen LogP contribution in [0, 0.1) is 0 Å². The lowest BCUT2D eigenvalue weighted by molar-refractivity contribution is 0.0995. The second-order valence-electron chi connectivity index (χ2n) is 6.88. The number of amides is 1. The van der Waals surface area contributed by atoms with Crippen molar-refractivity contribution >= 4 is 28.5 Å². The molecule has 3 heterocycles. The summed E-state index contributed by atoms with van der Waals surface area (Å²) in [7, 11) is 0. The maximum Gasteiger partial charge on any atom is 0.267 e. The van der Waals surface area contributed by atoms with Gasteiger partial charge in [-0.15, -0.1) is 0 Å². The number of nitrogens with two attached hydrogens (primary N) is 1. The van der Waals surface area contributed by atoms with E-state index in [1.165, 1.54) is 0 Å². The average molecular weight is 390 g/mol. The smallest absolute Gasteiger partial charge is 0.267 e. The first-order chi connectivity index (χ1) is 13.6. The van der Waals surface area contributed by atoms with Gasteiger partial charge < -0.3 is 5.73 Å². The van der Waals surface area contributed by atoms with Crippen LogP contribution >= 0.6 is 11.6 Å². The Hall–Kier alpha value is -3.25. The van der Waals surface area contributed by atoms with Crippen molar-refractivity contribution in [2.45, 2.75) is 18.8 Å². The van der Waals surface area contributed by atoms with Crippen LogP contribution in [0.1, 0.15) is 34.9 Å². The third-order valence-electron chi connectivity index (χ3n) is 4.92. The number of hydrogen-bond acceptors (Lipinski definition) is 4. The Balaban J connectivity index is 1.79. The van der Waals surface area contributed by atoms with Crippen molar-refractivity contribution in [3.05, 3.63) is 71.3 Å². The van der Waals surface area contributed by atoms with Gasteiger partial charge in [0.05, 0.1) is 22.9 Å². The molecule has 0 radical (unpaired) electrons. The molecule has 1 aliphatic carbocycles. The minimum Gasteiger partial charge on any atom is -0.364 e. The monoisotopic (exact) mass is 389 g/mol.